The van der Waals surface area contributed by atoms with Crippen LogP contribution in [0.1, 0.15) is 31.0 Å². The number of hydrogen-bond acceptors (Lipinski definition) is 6. The Hall–Kier alpha value is -4.20. The number of nitrogens with zero attached hydrogens (tertiary/aromatic N) is 2. The minimum absolute atomic E-state index is 0.0849. The van der Waals surface area contributed by atoms with E-state index in [0.717, 1.165) is 5.56 Å². The van der Waals surface area contributed by atoms with Crippen LogP contribution in [0.4, 0.5) is 10.5 Å². The number of Topliss-reactive ketones (excluding diaryl/α,β-unsaturated/α-hetero) is 1. The molecule has 1 atom stereocenters. The number of benzene rings is 3. The molecule has 3 aromatic rings. The average molecular weight is 448 g/mol. The average Bonchev–Trinajstić information content (AvgIpc) is 2.81. The van der Waals surface area contributed by atoms with Gasteiger partial charge in [0, 0.05) is 6.07 Å². The minimum Gasteiger partial charge on any atom is -0.450 e. The van der Waals surface area contributed by atoms with Gasteiger partial charge < -0.3 is 9.47 Å². The lowest BCUT2D eigenvalue weighted by atomic mass is 10.1. The molecule has 0 fully saturated rings. The summed E-state index contributed by atoms with van der Waals surface area (Å²) in [4.78, 5) is 36.7. The second-order valence-corrected chi connectivity index (χ2v) is 7.45. The van der Waals surface area contributed by atoms with Crippen molar-refractivity contribution in [2.75, 3.05) is 6.54 Å². The maximum absolute atomic E-state index is 12.8. The van der Waals surface area contributed by atoms with E-state index in [2.05, 4.69) is 0 Å². The second-order valence-electron chi connectivity index (χ2n) is 7.45. The normalized spacial score (nSPS) is 11.3. The number of ether oxygens (including phenoxy) is 2. The molecule has 0 bridgehead atoms. The van der Waals surface area contributed by atoms with Crippen molar-refractivity contribution in [3.05, 3.63) is 100 Å². The Balaban J connectivity index is 1.79. The summed E-state index contributed by atoms with van der Waals surface area (Å²) in [5.41, 5.74) is 1.36. The van der Waals surface area contributed by atoms with Crippen LogP contribution in [0, 0.1) is 10.1 Å². The summed E-state index contributed by atoms with van der Waals surface area (Å²) in [7, 11) is 0. The van der Waals surface area contributed by atoms with Crippen molar-refractivity contribution >= 4 is 17.6 Å². The van der Waals surface area contributed by atoms with Crippen molar-refractivity contribution in [2.24, 2.45) is 0 Å². The first-order valence-electron chi connectivity index (χ1n) is 10.3. The molecular formula is C25H24N2O6. The maximum atomic E-state index is 12.8. The van der Waals surface area contributed by atoms with Crippen LogP contribution >= 0.6 is 0 Å². The third kappa shape index (κ3) is 6.39. The van der Waals surface area contributed by atoms with Crippen molar-refractivity contribution in [3.8, 4) is 11.5 Å². The molecule has 0 unspecified atom stereocenters. The molecule has 0 N–H and O–H groups in total. The standard InChI is InChI=1S/C25H24N2O6/c1-18(28)16-26(25(29)32-17-20-9-4-3-5-10-20)19(2)21-11-8-12-22(15-21)33-24-14-7-6-13-23(24)27(30)31/h3-15,19H,16-17H2,1-2H3/t19-/m1/s1. The van der Waals surface area contributed by atoms with E-state index < -0.39 is 17.1 Å². The van der Waals surface area contributed by atoms with Gasteiger partial charge in [-0.1, -0.05) is 54.6 Å². The molecule has 0 aliphatic carbocycles. The van der Waals surface area contributed by atoms with Crippen LogP contribution < -0.4 is 4.74 Å². The van der Waals surface area contributed by atoms with Gasteiger partial charge in [0.1, 0.15) is 18.1 Å². The number of amides is 1. The van der Waals surface area contributed by atoms with Crippen molar-refractivity contribution in [3.63, 3.8) is 0 Å². The number of nitro groups is 1. The highest BCUT2D eigenvalue weighted by molar-refractivity contribution is 5.82. The molecule has 8 nitrogen and oxygen atoms in total. The zero-order valence-corrected chi connectivity index (χ0v) is 18.3. The van der Waals surface area contributed by atoms with E-state index in [1.807, 2.05) is 30.3 Å². The van der Waals surface area contributed by atoms with Gasteiger partial charge in [-0.15, -0.1) is 0 Å². The predicted molar refractivity (Wildman–Crippen MR) is 122 cm³/mol. The van der Waals surface area contributed by atoms with Crippen molar-refractivity contribution in [1.82, 2.24) is 4.90 Å². The number of carbonyl (C=O) groups is 2. The van der Waals surface area contributed by atoms with E-state index in [1.165, 1.54) is 24.0 Å². The predicted octanol–water partition coefficient (Wildman–Crippen LogP) is 5.68. The Morgan fingerprint density at radius 3 is 2.39 bits per heavy atom. The SMILES string of the molecule is CC(=O)CN(C(=O)OCc1ccccc1)[C@H](C)c1cccc(Oc2ccccc2[N+](=O)[O-])c1. The molecule has 0 spiro atoms. The van der Waals surface area contributed by atoms with Gasteiger partial charge in [0.15, 0.2) is 0 Å². The number of ketones is 1. The number of para-hydroxylation sites is 2. The molecule has 1 amide bonds. The van der Waals surface area contributed by atoms with Crippen LogP contribution in [0.2, 0.25) is 0 Å². The first-order valence-corrected chi connectivity index (χ1v) is 10.3. The Bertz CT molecular complexity index is 1130. The molecule has 0 radical (unpaired) electrons. The van der Waals surface area contributed by atoms with E-state index in [9.17, 15) is 19.7 Å². The summed E-state index contributed by atoms with van der Waals surface area (Å²) in [6.45, 7) is 3.14. The van der Waals surface area contributed by atoms with Gasteiger partial charge in [-0.2, -0.15) is 0 Å². The van der Waals surface area contributed by atoms with Crippen LogP contribution in [0.15, 0.2) is 78.9 Å². The Morgan fingerprint density at radius 2 is 1.70 bits per heavy atom. The Kier molecular flexibility index (Phi) is 7.75. The lowest BCUT2D eigenvalue weighted by Gasteiger charge is -2.28. The van der Waals surface area contributed by atoms with Gasteiger partial charge in [0.2, 0.25) is 5.75 Å². The van der Waals surface area contributed by atoms with Crippen LogP contribution in [0.3, 0.4) is 0 Å². The van der Waals surface area contributed by atoms with Gasteiger partial charge in [-0.05, 0) is 43.2 Å². The molecule has 8 heteroatoms. The number of nitro benzene ring substituents is 1. The highest BCUT2D eigenvalue weighted by Gasteiger charge is 2.25. The van der Waals surface area contributed by atoms with Crippen LogP contribution in [-0.2, 0) is 16.1 Å². The van der Waals surface area contributed by atoms with E-state index in [4.69, 9.17) is 9.47 Å². The van der Waals surface area contributed by atoms with Crippen LogP contribution in [0.25, 0.3) is 0 Å². The highest BCUT2D eigenvalue weighted by atomic mass is 16.6. The molecule has 0 aliphatic heterocycles. The number of rotatable bonds is 9. The van der Waals surface area contributed by atoms with Gasteiger partial charge in [0.25, 0.3) is 0 Å². The fourth-order valence-corrected chi connectivity index (χ4v) is 3.24. The monoisotopic (exact) mass is 448 g/mol. The topological polar surface area (TPSA) is 99.0 Å². The van der Waals surface area contributed by atoms with Crippen molar-refractivity contribution in [2.45, 2.75) is 26.5 Å². The van der Waals surface area contributed by atoms with Crippen LogP contribution in [-0.4, -0.2) is 28.2 Å². The van der Waals surface area contributed by atoms with Gasteiger partial charge in [-0.25, -0.2) is 4.79 Å². The largest absolute Gasteiger partial charge is 0.450 e. The molecule has 0 saturated heterocycles. The third-order valence-electron chi connectivity index (χ3n) is 4.93. The smallest absolute Gasteiger partial charge is 0.411 e. The molecule has 33 heavy (non-hydrogen) atoms. The van der Waals surface area contributed by atoms with Crippen molar-refractivity contribution in [1.29, 1.82) is 0 Å². The molecule has 0 aromatic heterocycles. The Labute approximate surface area is 191 Å². The number of carbonyl (C=O) groups excluding carboxylic acids is 2. The zero-order valence-electron chi connectivity index (χ0n) is 18.3. The van der Waals surface area contributed by atoms with Gasteiger partial charge in [0.05, 0.1) is 17.5 Å². The van der Waals surface area contributed by atoms with E-state index in [0.29, 0.717) is 11.3 Å². The van der Waals surface area contributed by atoms with Gasteiger partial charge >= 0.3 is 11.8 Å². The lowest BCUT2D eigenvalue weighted by Crippen LogP contribution is -2.37. The maximum Gasteiger partial charge on any atom is 0.411 e. The molecule has 3 rings (SSSR count). The first-order chi connectivity index (χ1) is 15.8. The quantitative estimate of drug-likeness (QED) is 0.309. The van der Waals surface area contributed by atoms with E-state index in [1.54, 1.807) is 43.3 Å². The minimum atomic E-state index is -0.619. The van der Waals surface area contributed by atoms with Gasteiger partial charge in [-0.3, -0.25) is 19.8 Å². The summed E-state index contributed by atoms with van der Waals surface area (Å²) in [5, 5.41) is 11.3. The molecule has 0 heterocycles. The molecule has 0 aliphatic rings. The molecule has 3 aromatic carbocycles. The van der Waals surface area contributed by atoms with Crippen LogP contribution in [0.5, 0.6) is 11.5 Å². The van der Waals surface area contributed by atoms with E-state index >= 15 is 0 Å². The summed E-state index contributed by atoms with van der Waals surface area (Å²) < 4.78 is 11.2. The second kappa shape index (κ2) is 10.9. The third-order valence-corrected chi connectivity index (χ3v) is 4.93. The zero-order chi connectivity index (χ0) is 23.8. The summed E-state index contributed by atoms with van der Waals surface area (Å²) in [6.07, 6.45) is -0.619. The summed E-state index contributed by atoms with van der Waals surface area (Å²) in [6, 6.07) is 21.7. The molecule has 170 valence electrons. The summed E-state index contributed by atoms with van der Waals surface area (Å²) >= 11 is 0. The lowest BCUT2D eigenvalue weighted by molar-refractivity contribution is -0.385. The molecule has 0 saturated carbocycles. The van der Waals surface area contributed by atoms with E-state index in [-0.39, 0.29) is 30.4 Å². The van der Waals surface area contributed by atoms with Crippen molar-refractivity contribution < 1.29 is 24.0 Å². The first kappa shape index (κ1) is 23.5. The highest BCUT2D eigenvalue weighted by Crippen LogP contribution is 2.32. The number of hydrogen-bond donors (Lipinski definition) is 0. The fraction of sp³-hybridized carbons (Fsp3) is 0.200. The summed E-state index contributed by atoms with van der Waals surface area (Å²) in [5.74, 6) is 0.287. The molecular weight excluding hydrogens is 424 g/mol. The fourth-order valence-electron chi connectivity index (χ4n) is 3.24. The Morgan fingerprint density at radius 1 is 1.00 bits per heavy atom.